The second-order valence-corrected chi connectivity index (χ2v) is 6.97. The summed E-state index contributed by atoms with van der Waals surface area (Å²) >= 11 is 0. The van der Waals surface area contributed by atoms with Gasteiger partial charge in [-0.05, 0) is 37.5 Å². The van der Waals surface area contributed by atoms with Crippen LogP contribution in [0.4, 0.5) is 13.2 Å². The fraction of sp³-hybridized carbons (Fsp3) is 0.933. The average Bonchev–Trinajstić information content (AvgIpc) is 2.80. The van der Waals surface area contributed by atoms with Crippen LogP contribution in [0.15, 0.2) is 0 Å². The van der Waals surface area contributed by atoms with E-state index in [9.17, 15) is 18.0 Å². The van der Waals surface area contributed by atoms with Crippen molar-refractivity contribution in [3.05, 3.63) is 0 Å². The Morgan fingerprint density at radius 2 is 1.76 bits per heavy atom. The van der Waals surface area contributed by atoms with Gasteiger partial charge in [0.2, 0.25) is 5.79 Å². The Morgan fingerprint density at radius 3 is 2.43 bits per heavy atom. The molecule has 3 saturated carbocycles. The van der Waals surface area contributed by atoms with E-state index in [1.54, 1.807) is 0 Å². The monoisotopic (exact) mass is 304 g/mol. The first-order valence-corrected chi connectivity index (χ1v) is 7.89. The van der Waals surface area contributed by atoms with Gasteiger partial charge in [0, 0.05) is 12.8 Å². The van der Waals surface area contributed by atoms with Gasteiger partial charge >= 0.3 is 12.1 Å². The Bertz CT molecular complexity index is 469. The summed E-state index contributed by atoms with van der Waals surface area (Å²) in [5, 5.41) is 0. The maximum absolute atomic E-state index is 13.7. The number of halogens is 3. The highest BCUT2D eigenvalue weighted by Crippen LogP contribution is 2.69. The third kappa shape index (κ3) is 1.57. The molecule has 0 bridgehead atoms. The summed E-state index contributed by atoms with van der Waals surface area (Å²) in [6, 6.07) is 0. The minimum Gasteiger partial charge on any atom is -0.432 e. The topological polar surface area (TPSA) is 35.5 Å². The lowest BCUT2D eigenvalue weighted by Gasteiger charge is -2.62. The van der Waals surface area contributed by atoms with Gasteiger partial charge in [0.25, 0.3) is 0 Å². The van der Waals surface area contributed by atoms with Crippen molar-refractivity contribution in [2.75, 3.05) is 0 Å². The van der Waals surface area contributed by atoms with Crippen LogP contribution in [0.25, 0.3) is 0 Å². The van der Waals surface area contributed by atoms with E-state index in [4.69, 9.17) is 9.47 Å². The van der Waals surface area contributed by atoms with Crippen molar-refractivity contribution >= 4 is 5.97 Å². The molecule has 0 aromatic carbocycles. The Kier molecular flexibility index (Phi) is 2.74. The predicted octanol–water partition coefficient (Wildman–Crippen LogP) is 3.57. The molecule has 0 aromatic rings. The number of hydrogen-bond acceptors (Lipinski definition) is 3. The van der Waals surface area contributed by atoms with Gasteiger partial charge < -0.3 is 9.47 Å². The van der Waals surface area contributed by atoms with E-state index in [0.29, 0.717) is 19.3 Å². The lowest BCUT2D eigenvalue weighted by Crippen LogP contribution is -2.76. The summed E-state index contributed by atoms with van der Waals surface area (Å²) in [6.45, 7) is 0. The van der Waals surface area contributed by atoms with Gasteiger partial charge in [-0.15, -0.1) is 0 Å². The first-order valence-electron chi connectivity index (χ1n) is 7.89. The summed E-state index contributed by atoms with van der Waals surface area (Å²) in [4.78, 5) is 12.4. The van der Waals surface area contributed by atoms with Crippen molar-refractivity contribution < 1.29 is 27.4 Å². The minimum atomic E-state index is -4.59. The van der Waals surface area contributed by atoms with Crippen molar-refractivity contribution in [3.8, 4) is 0 Å². The number of ether oxygens (including phenoxy) is 2. The van der Waals surface area contributed by atoms with Gasteiger partial charge in [-0.2, -0.15) is 13.2 Å². The molecule has 6 heteroatoms. The van der Waals surface area contributed by atoms with Crippen LogP contribution in [0, 0.1) is 17.3 Å². The SMILES string of the molecule is O=C1OC2(CCCCC2)O[C@H]2[C@@H]3CCC[C@@H]3[C@@]12C(F)(F)F. The summed E-state index contributed by atoms with van der Waals surface area (Å²) in [5.41, 5.74) is -2.39. The molecule has 1 saturated heterocycles. The standard InChI is InChI=1S/C15H19F3O3/c16-15(17,18)14-10-6-4-5-9(10)11(14)20-13(21-12(14)19)7-2-1-3-8-13/h9-11H,1-8H2/t9-,10+,11+,14+/m1/s1. The van der Waals surface area contributed by atoms with E-state index in [0.717, 1.165) is 32.1 Å². The van der Waals surface area contributed by atoms with Gasteiger partial charge in [-0.1, -0.05) is 12.8 Å². The fourth-order valence-corrected chi connectivity index (χ4v) is 5.10. The molecule has 4 rings (SSSR count). The van der Waals surface area contributed by atoms with E-state index in [-0.39, 0.29) is 5.92 Å². The smallest absolute Gasteiger partial charge is 0.407 e. The summed E-state index contributed by atoms with van der Waals surface area (Å²) < 4.78 is 52.2. The summed E-state index contributed by atoms with van der Waals surface area (Å²) in [5.74, 6) is -2.92. The van der Waals surface area contributed by atoms with Crippen LogP contribution in [0.3, 0.4) is 0 Å². The van der Waals surface area contributed by atoms with Gasteiger partial charge in [0.1, 0.15) is 0 Å². The van der Waals surface area contributed by atoms with Crippen LogP contribution < -0.4 is 0 Å². The number of fused-ring (bicyclic) bond motifs is 4. The number of esters is 1. The Labute approximate surface area is 121 Å². The quantitative estimate of drug-likeness (QED) is 0.642. The molecule has 0 aromatic heterocycles. The van der Waals surface area contributed by atoms with Crippen molar-refractivity contribution in [2.45, 2.75) is 69.4 Å². The maximum Gasteiger partial charge on any atom is 0.407 e. The van der Waals surface area contributed by atoms with E-state index in [1.807, 2.05) is 0 Å². The highest BCUT2D eigenvalue weighted by molar-refractivity contribution is 5.82. The Morgan fingerprint density at radius 1 is 1.05 bits per heavy atom. The number of carbonyl (C=O) groups excluding carboxylic acids is 1. The molecule has 1 aliphatic heterocycles. The van der Waals surface area contributed by atoms with Gasteiger partial charge in [0.05, 0.1) is 6.10 Å². The van der Waals surface area contributed by atoms with Crippen LogP contribution in [0.2, 0.25) is 0 Å². The molecule has 4 fully saturated rings. The number of rotatable bonds is 0. The molecular weight excluding hydrogens is 285 g/mol. The molecule has 0 amide bonds. The zero-order valence-electron chi connectivity index (χ0n) is 11.7. The average molecular weight is 304 g/mol. The molecular formula is C15H19F3O3. The normalized spacial score (nSPS) is 44.7. The third-order valence-corrected chi connectivity index (χ3v) is 6.03. The third-order valence-electron chi connectivity index (χ3n) is 6.03. The minimum absolute atomic E-state index is 0.127. The van der Waals surface area contributed by atoms with Crippen LogP contribution >= 0.6 is 0 Å². The Balaban J connectivity index is 1.72. The van der Waals surface area contributed by atoms with Crippen LogP contribution in [0.5, 0.6) is 0 Å². The van der Waals surface area contributed by atoms with Crippen molar-refractivity contribution in [2.24, 2.45) is 17.3 Å². The van der Waals surface area contributed by atoms with Crippen molar-refractivity contribution in [1.29, 1.82) is 0 Å². The van der Waals surface area contributed by atoms with E-state index >= 15 is 0 Å². The van der Waals surface area contributed by atoms with Crippen molar-refractivity contribution in [3.63, 3.8) is 0 Å². The van der Waals surface area contributed by atoms with Crippen LogP contribution in [0.1, 0.15) is 51.4 Å². The zero-order valence-corrected chi connectivity index (χ0v) is 11.7. The molecule has 1 spiro atoms. The van der Waals surface area contributed by atoms with Gasteiger partial charge in [-0.3, -0.25) is 4.79 Å². The van der Waals surface area contributed by atoms with E-state index in [1.165, 1.54) is 0 Å². The first-order chi connectivity index (χ1) is 9.91. The molecule has 4 atom stereocenters. The molecule has 118 valence electrons. The predicted molar refractivity (Wildman–Crippen MR) is 66.1 cm³/mol. The Hall–Kier alpha value is -0.780. The van der Waals surface area contributed by atoms with Crippen molar-refractivity contribution in [1.82, 2.24) is 0 Å². The summed E-state index contributed by atoms with van der Waals surface area (Å²) in [7, 11) is 0. The lowest BCUT2D eigenvalue weighted by molar-refractivity contribution is -0.411. The van der Waals surface area contributed by atoms with E-state index < -0.39 is 35.4 Å². The molecule has 21 heavy (non-hydrogen) atoms. The molecule has 0 unspecified atom stereocenters. The first kappa shape index (κ1) is 13.9. The molecule has 1 heterocycles. The molecule has 0 radical (unpaired) electrons. The number of hydrogen-bond donors (Lipinski definition) is 0. The fourth-order valence-electron chi connectivity index (χ4n) is 5.10. The summed E-state index contributed by atoms with van der Waals surface area (Å²) in [6.07, 6.45) is 0.0711. The molecule has 3 aliphatic carbocycles. The lowest BCUT2D eigenvalue weighted by atomic mass is 9.51. The highest BCUT2D eigenvalue weighted by Gasteiger charge is 2.83. The zero-order chi connectivity index (χ0) is 14.9. The van der Waals surface area contributed by atoms with Crippen LogP contribution in [-0.4, -0.2) is 24.0 Å². The second kappa shape index (κ2) is 4.15. The number of carbonyl (C=O) groups is 1. The maximum atomic E-state index is 13.7. The second-order valence-electron chi connectivity index (χ2n) is 6.97. The largest absolute Gasteiger partial charge is 0.432 e. The molecule has 0 N–H and O–H groups in total. The molecule has 3 nitrogen and oxygen atoms in total. The molecule has 4 aliphatic rings. The van der Waals surface area contributed by atoms with Gasteiger partial charge in [0.15, 0.2) is 5.41 Å². The van der Waals surface area contributed by atoms with Crippen LogP contribution in [-0.2, 0) is 14.3 Å². The highest BCUT2D eigenvalue weighted by atomic mass is 19.4. The van der Waals surface area contributed by atoms with E-state index in [2.05, 4.69) is 0 Å². The number of alkyl halides is 3. The van der Waals surface area contributed by atoms with Gasteiger partial charge in [-0.25, -0.2) is 0 Å².